The van der Waals surface area contributed by atoms with Crippen LogP contribution in [0, 0.1) is 0 Å². The van der Waals surface area contributed by atoms with Crippen LogP contribution in [-0.2, 0) is 6.54 Å². The lowest BCUT2D eigenvalue weighted by Crippen LogP contribution is -3.09. The van der Waals surface area contributed by atoms with Crippen molar-refractivity contribution in [1.82, 2.24) is 0 Å². The lowest BCUT2D eigenvalue weighted by molar-refractivity contribution is -0.910. The van der Waals surface area contributed by atoms with E-state index in [4.69, 9.17) is 14.2 Å². The Bertz CT molecular complexity index is 703. The number of benzene rings is 2. The summed E-state index contributed by atoms with van der Waals surface area (Å²) in [5, 5.41) is 2.35. The van der Waals surface area contributed by atoms with Crippen molar-refractivity contribution < 1.29 is 24.4 Å². The number of hydrogen-bond acceptors (Lipinski definition) is 3. The topological polar surface area (TPSA) is 48.7 Å². The summed E-state index contributed by atoms with van der Waals surface area (Å²) in [6.07, 6.45) is 0. The first-order valence-corrected chi connectivity index (χ1v) is 8.81. The summed E-state index contributed by atoms with van der Waals surface area (Å²) in [6, 6.07) is 15.0. The van der Waals surface area contributed by atoms with Crippen LogP contribution in [0.15, 0.2) is 42.5 Å². The summed E-state index contributed by atoms with van der Waals surface area (Å²) in [7, 11) is 6.11. The molecule has 2 aromatic rings. The molecule has 0 aliphatic carbocycles. The van der Waals surface area contributed by atoms with Gasteiger partial charge in [-0.3, -0.25) is 0 Å². The minimum atomic E-state index is 0.410. The molecule has 0 unspecified atom stereocenters. The third-order valence-electron chi connectivity index (χ3n) is 4.58. The minimum absolute atomic E-state index is 0.410. The third kappa shape index (κ3) is 4.44. The molecule has 1 aliphatic heterocycles. The molecule has 5 nitrogen and oxygen atoms in total. The molecule has 0 aromatic heterocycles. The molecule has 0 saturated heterocycles. The molecule has 1 aliphatic rings. The van der Waals surface area contributed by atoms with E-state index in [-0.39, 0.29) is 0 Å². The number of methoxy groups -OCH3 is 1. The average Bonchev–Trinajstić information content (AvgIpc) is 2.65. The van der Waals surface area contributed by atoms with Crippen LogP contribution in [0.4, 0.5) is 0 Å². The molecule has 3 rings (SSSR count). The lowest BCUT2D eigenvalue weighted by Gasteiger charge is -2.21. The van der Waals surface area contributed by atoms with Gasteiger partial charge in [0.05, 0.1) is 21.2 Å². The Morgan fingerprint density at radius 1 is 1.08 bits per heavy atom. The van der Waals surface area contributed by atoms with E-state index >= 15 is 0 Å². The zero-order valence-corrected chi connectivity index (χ0v) is 15.2. The Morgan fingerprint density at radius 2 is 1.88 bits per heavy atom. The molecule has 3 N–H and O–H groups in total. The first kappa shape index (κ1) is 17.6. The average molecular weight is 344 g/mol. The number of nitrogens with two attached hydrogens (primary N) is 1. The van der Waals surface area contributed by atoms with Gasteiger partial charge in [-0.25, -0.2) is 0 Å². The van der Waals surface area contributed by atoms with Gasteiger partial charge in [0.1, 0.15) is 32.1 Å². The van der Waals surface area contributed by atoms with Gasteiger partial charge in [-0.15, -0.1) is 0 Å². The van der Waals surface area contributed by atoms with Crippen molar-refractivity contribution in [3.05, 3.63) is 53.6 Å². The molecule has 0 bridgehead atoms. The van der Waals surface area contributed by atoms with Gasteiger partial charge in [0, 0.05) is 11.1 Å². The van der Waals surface area contributed by atoms with Crippen molar-refractivity contribution in [2.45, 2.75) is 12.6 Å². The van der Waals surface area contributed by atoms with E-state index in [1.54, 1.807) is 7.11 Å². The molecule has 1 atom stereocenters. The second kappa shape index (κ2) is 8.23. The van der Waals surface area contributed by atoms with E-state index in [1.807, 2.05) is 12.1 Å². The molecular weight excluding hydrogens is 316 g/mol. The molecule has 5 heteroatoms. The summed E-state index contributed by atoms with van der Waals surface area (Å²) in [4.78, 5) is 1.41. The van der Waals surface area contributed by atoms with E-state index in [2.05, 4.69) is 49.7 Å². The van der Waals surface area contributed by atoms with Gasteiger partial charge in [-0.2, -0.15) is 0 Å². The molecule has 0 spiro atoms. The Labute approximate surface area is 149 Å². The van der Waals surface area contributed by atoms with Gasteiger partial charge in [0.2, 0.25) is 0 Å². The normalized spacial score (nSPS) is 14.4. The van der Waals surface area contributed by atoms with Crippen LogP contribution >= 0.6 is 0 Å². The van der Waals surface area contributed by atoms with Crippen LogP contribution in [0.3, 0.4) is 0 Å². The quantitative estimate of drug-likeness (QED) is 0.765. The molecule has 1 heterocycles. The zero-order chi connectivity index (χ0) is 17.6. The van der Waals surface area contributed by atoms with Gasteiger partial charge in [-0.1, -0.05) is 12.1 Å². The van der Waals surface area contributed by atoms with E-state index in [1.165, 1.54) is 16.0 Å². The fourth-order valence-corrected chi connectivity index (χ4v) is 3.19. The second-order valence-electron chi connectivity index (χ2n) is 6.61. The van der Waals surface area contributed by atoms with Gasteiger partial charge in [0.15, 0.2) is 17.5 Å². The van der Waals surface area contributed by atoms with Crippen molar-refractivity contribution in [3.8, 4) is 17.2 Å². The van der Waals surface area contributed by atoms with Crippen LogP contribution in [-0.4, -0.2) is 41.0 Å². The molecule has 0 radical (unpaired) electrons. The highest BCUT2D eigenvalue weighted by molar-refractivity contribution is 5.43. The Hall–Kier alpha value is -2.24. The van der Waals surface area contributed by atoms with Crippen molar-refractivity contribution in [1.29, 1.82) is 0 Å². The van der Waals surface area contributed by atoms with Gasteiger partial charge >= 0.3 is 0 Å². The standard InChI is InChI=1S/C20H26N2O3/c1-22(2)18(16-5-4-6-17(12-16)23-3)14-21-13-15-7-8-19-20(11-15)25-10-9-24-19/h4-8,11-12,18,21H,9-10,13-14H2,1-3H3/p+2/t18-/m0/s1. The smallest absolute Gasteiger partial charge is 0.162 e. The SMILES string of the molecule is COc1cccc([C@H](C[NH2+]Cc2ccc3c(c2)OCCO3)[NH+](C)C)c1. The Kier molecular flexibility index (Phi) is 5.79. The molecule has 134 valence electrons. The number of ether oxygens (including phenoxy) is 3. The summed E-state index contributed by atoms with van der Waals surface area (Å²) in [5.41, 5.74) is 2.56. The maximum atomic E-state index is 5.67. The van der Waals surface area contributed by atoms with E-state index in [9.17, 15) is 0 Å². The Balaban J connectivity index is 1.62. The number of hydrogen-bond donors (Lipinski definition) is 2. The second-order valence-corrected chi connectivity index (χ2v) is 6.61. The van der Waals surface area contributed by atoms with Crippen molar-refractivity contribution in [3.63, 3.8) is 0 Å². The van der Waals surface area contributed by atoms with Crippen LogP contribution in [0.25, 0.3) is 0 Å². The summed E-state index contributed by atoms with van der Waals surface area (Å²) < 4.78 is 16.6. The number of nitrogens with one attached hydrogen (secondary N) is 1. The van der Waals surface area contributed by atoms with Crippen molar-refractivity contribution in [2.75, 3.05) is 41.0 Å². The minimum Gasteiger partial charge on any atom is -0.497 e. The summed E-state index contributed by atoms with van der Waals surface area (Å²) in [5.74, 6) is 2.62. The highest BCUT2D eigenvalue weighted by Crippen LogP contribution is 2.30. The van der Waals surface area contributed by atoms with E-state index in [0.29, 0.717) is 19.3 Å². The maximum absolute atomic E-state index is 5.67. The molecule has 25 heavy (non-hydrogen) atoms. The molecule has 0 saturated carbocycles. The van der Waals surface area contributed by atoms with Crippen LogP contribution in [0.2, 0.25) is 0 Å². The zero-order valence-electron chi connectivity index (χ0n) is 15.2. The molecule has 0 amide bonds. The summed E-state index contributed by atoms with van der Waals surface area (Å²) >= 11 is 0. The van der Waals surface area contributed by atoms with Gasteiger partial charge < -0.3 is 24.4 Å². The monoisotopic (exact) mass is 344 g/mol. The predicted molar refractivity (Wildman–Crippen MR) is 96.5 cm³/mol. The lowest BCUT2D eigenvalue weighted by atomic mass is 10.1. The first-order valence-electron chi connectivity index (χ1n) is 8.81. The molecular formula is C20H28N2O3+2. The highest BCUT2D eigenvalue weighted by atomic mass is 16.6. The molecule has 0 fully saturated rings. The number of rotatable bonds is 7. The fourth-order valence-electron chi connectivity index (χ4n) is 3.19. The largest absolute Gasteiger partial charge is 0.497 e. The van der Waals surface area contributed by atoms with Crippen LogP contribution in [0.5, 0.6) is 17.2 Å². The summed E-state index contributed by atoms with van der Waals surface area (Å²) in [6.45, 7) is 3.18. The van der Waals surface area contributed by atoms with E-state index in [0.717, 1.165) is 30.3 Å². The third-order valence-corrected chi connectivity index (χ3v) is 4.58. The van der Waals surface area contributed by atoms with Crippen molar-refractivity contribution in [2.24, 2.45) is 0 Å². The number of likely N-dealkylation sites (N-methyl/N-ethyl adjacent to an activating group) is 1. The van der Waals surface area contributed by atoms with E-state index < -0.39 is 0 Å². The maximum Gasteiger partial charge on any atom is 0.162 e. The first-order chi connectivity index (χ1) is 12.2. The van der Waals surface area contributed by atoms with Gasteiger partial charge in [0.25, 0.3) is 0 Å². The fraction of sp³-hybridized carbons (Fsp3) is 0.400. The Morgan fingerprint density at radius 3 is 2.64 bits per heavy atom. The highest BCUT2D eigenvalue weighted by Gasteiger charge is 2.20. The number of fused-ring (bicyclic) bond motifs is 1. The molecule has 2 aromatic carbocycles. The van der Waals surface area contributed by atoms with Crippen molar-refractivity contribution >= 4 is 0 Å². The van der Waals surface area contributed by atoms with Gasteiger partial charge in [-0.05, 0) is 30.3 Å². The number of quaternary nitrogens is 2. The van der Waals surface area contributed by atoms with Crippen LogP contribution < -0.4 is 24.4 Å². The predicted octanol–water partition coefficient (Wildman–Crippen LogP) is 0.416. The van der Waals surface area contributed by atoms with Crippen LogP contribution in [0.1, 0.15) is 17.2 Å².